The summed E-state index contributed by atoms with van der Waals surface area (Å²) in [6.07, 6.45) is 10.9. The molecule has 1 N–H and O–H groups in total. The molecule has 2 aromatic carbocycles. The molecule has 2 saturated heterocycles. The van der Waals surface area contributed by atoms with Gasteiger partial charge in [0.15, 0.2) is 0 Å². The highest BCUT2D eigenvalue weighted by atomic mass is 16.4. The average molecular weight is 410 g/mol. The SMILES string of the molecule is C#Cc1cc(C(=O)O)cc(N2CC3C(C2)C2C(=O)N(c4cccc(C#C)c4)C(=O)C32)c1. The van der Waals surface area contributed by atoms with Crippen molar-refractivity contribution in [3.63, 3.8) is 0 Å². The van der Waals surface area contributed by atoms with E-state index in [2.05, 4.69) is 11.8 Å². The molecule has 0 aromatic heterocycles. The van der Waals surface area contributed by atoms with Crippen molar-refractivity contribution < 1.29 is 19.5 Å². The Kier molecular flexibility index (Phi) is 4.13. The summed E-state index contributed by atoms with van der Waals surface area (Å²) in [5.74, 6) is 2.99. The van der Waals surface area contributed by atoms with E-state index in [-0.39, 0.29) is 41.0 Å². The second kappa shape index (κ2) is 6.75. The summed E-state index contributed by atoms with van der Waals surface area (Å²) in [5, 5.41) is 9.37. The zero-order valence-electron chi connectivity index (χ0n) is 16.5. The number of carbonyl (C=O) groups is 3. The summed E-state index contributed by atoms with van der Waals surface area (Å²) >= 11 is 0. The highest BCUT2D eigenvalue weighted by Crippen LogP contribution is 2.56. The van der Waals surface area contributed by atoms with Gasteiger partial charge in [0.25, 0.3) is 0 Å². The van der Waals surface area contributed by atoms with E-state index in [1.54, 1.807) is 36.4 Å². The molecule has 3 aliphatic rings. The molecule has 6 heteroatoms. The number of amides is 2. The van der Waals surface area contributed by atoms with Gasteiger partial charge in [0.05, 0.1) is 23.1 Å². The van der Waals surface area contributed by atoms with Crippen LogP contribution in [0.5, 0.6) is 0 Å². The monoisotopic (exact) mass is 410 g/mol. The Hall–Kier alpha value is -4.03. The normalized spacial score (nSPS) is 26.0. The van der Waals surface area contributed by atoms with Crippen LogP contribution >= 0.6 is 0 Å². The highest BCUT2D eigenvalue weighted by Gasteiger charge is 2.66. The molecule has 2 amide bonds. The fourth-order valence-corrected chi connectivity index (χ4v) is 5.28. The molecule has 1 aliphatic carbocycles. The summed E-state index contributed by atoms with van der Waals surface area (Å²) in [7, 11) is 0. The molecule has 2 aliphatic heterocycles. The number of carbonyl (C=O) groups excluding carboxylic acids is 2. The quantitative estimate of drug-likeness (QED) is 0.620. The van der Waals surface area contributed by atoms with Crippen LogP contribution in [0.3, 0.4) is 0 Å². The van der Waals surface area contributed by atoms with Gasteiger partial charge in [-0.05, 0) is 48.2 Å². The van der Waals surface area contributed by atoms with Crippen LogP contribution in [0.4, 0.5) is 11.4 Å². The largest absolute Gasteiger partial charge is 0.478 e. The molecule has 0 spiro atoms. The lowest BCUT2D eigenvalue weighted by atomic mass is 9.59. The maximum absolute atomic E-state index is 13.1. The minimum absolute atomic E-state index is 0.0463. The number of nitrogens with zero attached hydrogens (tertiary/aromatic N) is 2. The van der Waals surface area contributed by atoms with Gasteiger partial charge < -0.3 is 10.0 Å². The van der Waals surface area contributed by atoms with Crippen molar-refractivity contribution >= 4 is 29.2 Å². The number of hydrogen-bond acceptors (Lipinski definition) is 4. The topological polar surface area (TPSA) is 77.9 Å². The zero-order chi connectivity index (χ0) is 21.9. The number of carboxylic acids is 1. The van der Waals surface area contributed by atoms with E-state index in [9.17, 15) is 19.5 Å². The first-order chi connectivity index (χ1) is 14.9. The first-order valence-corrected chi connectivity index (χ1v) is 9.97. The number of carboxylic acid groups (broad SMARTS) is 1. The average Bonchev–Trinajstić information content (AvgIpc) is 3.22. The van der Waals surface area contributed by atoms with E-state index >= 15 is 0 Å². The van der Waals surface area contributed by atoms with Gasteiger partial charge in [0.2, 0.25) is 11.8 Å². The molecule has 152 valence electrons. The number of aromatic carboxylic acids is 1. The lowest BCUT2D eigenvalue weighted by molar-refractivity contribution is -0.132. The van der Waals surface area contributed by atoms with E-state index in [1.807, 2.05) is 4.90 Å². The van der Waals surface area contributed by atoms with Crippen molar-refractivity contribution in [2.75, 3.05) is 22.9 Å². The van der Waals surface area contributed by atoms with E-state index in [0.29, 0.717) is 35.6 Å². The number of imide groups is 1. The molecule has 0 radical (unpaired) electrons. The third kappa shape index (κ3) is 2.73. The second-order valence-electron chi connectivity index (χ2n) is 8.21. The van der Waals surface area contributed by atoms with Gasteiger partial charge in [-0.15, -0.1) is 12.8 Å². The molecule has 2 heterocycles. The lowest BCUT2D eigenvalue weighted by Gasteiger charge is -2.39. The maximum atomic E-state index is 13.1. The fraction of sp³-hybridized carbons (Fsp3) is 0.240. The molecule has 6 nitrogen and oxygen atoms in total. The minimum Gasteiger partial charge on any atom is -0.478 e. The molecule has 31 heavy (non-hydrogen) atoms. The van der Waals surface area contributed by atoms with E-state index in [1.165, 1.54) is 11.0 Å². The van der Waals surface area contributed by atoms with Crippen LogP contribution < -0.4 is 9.80 Å². The molecule has 0 bridgehead atoms. The van der Waals surface area contributed by atoms with Crippen molar-refractivity contribution in [2.45, 2.75) is 0 Å². The van der Waals surface area contributed by atoms with Gasteiger partial charge in [-0.1, -0.05) is 17.9 Å². The minimum atomic E-state index is -1.05. The van der Waals surface area contributed by atoms with Crippen LogP contribution in [0.1, 0.15) is 21.5 Å². The Morgan fingerprint density at radius 3 is 2.10 bits per heavy atom. The van der Waals surface area contributed by atoms with E-state index in [0.717, 1.165) is 0 Å². The lowest BCUT2D eigenvalue weighted by Crippen LogP contribution is -2.47. The van der Waals surface area contributed by atoms with Crippen molar-refractivity contribution in [3.05, 3.63) is 59.2 Å². The molecule has 3 fully saturated rings. The van der Waals surface area contributed by atoms with Crippen LogP contribution in [0.2, 0.25) is 0 Å². The fourth-order valence-electron chi connectivity index (χ4n) is 5.28. The predicted octanol–water partition coefficient (Wildman–Crippen LogP) is 2.22. The molecular formula is C25H18N2O4. The molecular weight excluding hydrogens is 392 g/mol. The molecule has 2 aromatic rings. The van der Waals surface area contributed by atoms with Gasteiger partial charge >= 0.3 is 5.97 Å². The smallest absolute Gasteiger partial charge is 0.335 e. The third-order valence-electron chi connectivity index (χ3n) is 6.70. The van der Waals surface area contributed by atoms with Crippen molar-refractivity contribution in [2.24, 2.45) is 23.7 Å². The summed E-state index contributed by atoms with van der Waals surface area (Å²) in [5.41, 5.74) is 2.45. The first-order valence-electron chi connectivity index (χ1n) is 9.97. The Morgan fingerprint density at radius 1 is 0.903 bits per heavy atom. The molecule has 4 unspecified atom stereocenters. The number of terminal acetylenes is 2. The van der Waals surface area contributed by atoms with Gasteiger partial charge in [-0.25, -0.2) is 9.69 Å². The standard InChI is InChI=1S/C25H18N2O4/c1-3-14-6-5-7-17(9-14)27-23(28)21-19-12-26(13-20(19)22(21)24(27)29)18-10-15(4-2)8-16(11-18)25(30)31/h1-2,5-11,19-22H,12-13H2,(H,30,31). The first kappa shape index (κ1) is 19.0. The van der Waals surface area contributed by atoms with Crippen LogP contribution in [-0.2, 0) is 9.59 Å². The Balaban J connectivity index is 1.41. The van der Waals surface area contributed by atoms with Crippen LogP contribution in [0.15, 0.2) is 42.5 Å². The predicted molar refractivity (Wildman–Crippen MR) is 114 cm³/mol. The number of fused-ring (bicyclic) bond motifs is 4. The summed E-state index contributed by atoms with van der Waals surface area (Å²) < 4.78 is 0. The maximum Gasteiger partial charge on any atom is 0.335 e. The van der Waals surface area contributed by atoms with Crippen LogP contribution in [0.25, 0.3) is 0 Å². The Labute approximate surface area is 179 Å². The summed E-state index contributed by atoms with van der Waals surface area (Å²) in [6, 6.07) is 11.7. The zero-order valence-corrected chi connectivity index (χ0v) is 16.5. The van der Waals surface area contributed by atoms with Crippen molar-refractivity contribution in [3.8, 4) is 24.7 Å². The van der Waals surface area contributed by atoms with Crippen molar-refractivity contribution in [1.82, 2.24) is 0 Å². The van der Waals surface area contributed by atoms with Gasteiger partial charge in [0, 0.05) is 29.9 Å². The van der Waals surface area contributed by atoms with E-state index < -0.39 is 5.97 Å². The van der Waals surface area contributed by atoms with Crippen LogP contribution in [-0.4, -0.2) is 36.0 Å². The molecule has 5 rings (SSSR count). The number of hydrogen-bond donors (Lipinski definition) is 1. The second-order valence-corrected chi connectivity index (χ2v) is 8.21. The number of anilines is 2. The highest BCUT2D eigenvalue weighted by molar-refractivity contribution is 6.23. The van der Waals surface area contributed by atoms with Gasteiger partial charge in [-0.2, -0.15) is 0 Å². The summed E-state index contributed by atoms with van der Waals surface area (Å²) in [4.78, 5) is 41.0. The summed E-state index contributed by atoms with van der Waals surface area (Å²) in [6.45, 7) is 1.16. The molecule has 1 saturated carbocycles. The number of rotatable bonds is 3. The van der Waals surface area contributed by atoms with Gasteiger partial charge in [-0.3, -0.25) is 9.59 Å². The van der Waals surface area contributed by atoms with Crippen molar-refractivity contribution in [1.29, 1.82) is 0 Å². The number of benzene rings is 2. The van der Waals surface area contributed by atoms with Crippen LogP contribution in [0, 0.1) is 48.4 Å². The van der Waals surface area contributed by atoms with E-state index in [4.69, 9.17) is 12.8 Å². The third-order valence-corrected chi connectivity index (χ3v) is 6.70. The molecule has 4 atom stereocenters. The Morgan fingerprint density at radius 2 is 1.52 bits per heavy atom. The Bertz CT molecular complexity index is 1200. The van der Waals surface area contributed by atoms with Gasteiger partial charge in [0.1, 0.15) is 0 Å².